The molecule has 0 aliphatic heterocycles. The number of hydrogen-bond acceptors (Lipinski definition) is 1. The van der Waals surface area contributed by atoms with Crippen LogP contribution in [-0.2, 0) is 4.79 Å². The van der Waals surface area contributed by atoms with Crippen LogP contribution in [-0.4, -0.2) is 5.78 Å². The maximum Gasteiger partial charge on any atom is 0.155 e. The van der Waals surface area contributed by atoms with Gasteiger partial charge in [-0.3, -0.25) is 4.79 Å². The smallest absolute Gasteiger partial charge is 0.155 e. The fourth-order valence-corrected chi connectivity index (χ4v) is 1.76. The summed E-state index contributed by atoms with van der Waals surface area (Å²) < 4.78 is 0. The molecule has 1 aliphatic carbocycles. The standard InChI is InChI=1S/C11H18O/c1-3-9(4-2)7-10-5-6-11(12)8-10/h8-9H,3-7H2,1-2H3. The number of allylic oxidation sites excluding steroid dienone is 2. The lowest BCUT2D eigenvalue weighted by Crippen LogP contribution is -1.97. The molecule has 0 aromatic rings. The molecule has 0 N–H and O–H groups in total. The van der Waals surface area contributed by atoms with E-state index in [9.17, 15) is 4.79 Å². The number of carbonyl (C=O) groups is 1. The first kappa shape index (κ1) is 9.50. The van der Waals surface area contributed by atoms with Gasteiger partial charge in [0.2, 0.25) is 0 Å². The second-order valence-corrected chi connectivity index (χ2v) is 3.66. The normalized spacial score (nSPS) is 17.2. The van der Waals surface area contributed by atoms with Crippen LogP contribution >= 0.6 is 0 Å². The summed E-state index contributed by atoms with van der Waals surface area (Å²) in [6.45, 7) is 4.46. The Balaban J connectivity index is 2.40. The highest BCUT2D eigenvalue weighted by molar-refractivity contribution is 5.92. The van der Waals surface area contributed by atoms with Gasteiger partial charge >= 0.3 is 0 Å². The van der Waals surface area contributed by atoms with Crippen LogP contribution in [0.1, 0.15) is 46.0 Å². The fraction of sp³-hybridized carbons (Fsp3) is 0.727. The van der Waals surface area contributed by atoms with Gasteiger partial charge in [-0.05, 0) is 24.8 Å². The number of hydrogen-bond donors (Lipinski definition) is 0. The summed E-state index contributed by atoms with van der Waals surface area (Å²) in [5.41, 5.74) is 1.38. The first-order valence-electron chi connectivity index (χ1n) is 4.98. The van der Waals surface area contributed by atoms with Crippen molar-refractivity contribution in [3.05, 3.63) is 11.6 Å². The van der Waals surface area contributed by atoms with Crippen molar-refractivity contribution in [3.8, 4) is 0 Å². The minimum absolute atomic E-state index is 0.330. The molecule has 0 unspecified atom stereocenters. The minimum Gasteiger partial charge on any atom is -0.295 e. The van der Waals surface area contributed by atoms with Crippen molar-refractivity contribution in [1.29, 1.82) is 0 Å². The summed E-state index contributed by atoms with van der Waals surface area (Å²) in [5.74, 6) is 1.12. The van der Waals surface area contributed by atoms with Gasteiger partial charge in [0.25, 0.3) is 0 Å². The van der Waals surface area contributed by atoms with Gasteiger partial charge in [0.15, 0.2) is 5.78 Å². The van der Waals surface area contributed by atoms with Crippen LogP contribution in [0.2, 0.25) is 0 Å². The Hall–Kier alpha value is -0.590. The third kappa shape index (κ3) is 2.47. The van der Waals surface area contributed by atoms with Gasteiger partial charge in [-0.15, -0.1) is 0 Å². The molecule has 68 valence electrons. The predicted octanol–water partition coefficient (Wildman–Crippen LogP) is 3.10. The molecule has 0 aromatic heterocycles. The Kier molecular flexibility index (Phi) is 3.51. The van der Waals surface area contributed by atoms with Gasteiger partial charge < -0.3 is 0 Å². The molecule has 0 heterocycles. The van der Waals surface area contributed by atoms with Crippen molar-refractivity contribution >= 4 is 5.78 Å². The molecule has 1 nitrogen and oxygen atoms in total. The van der Waals surface area contributed by atoms with Gasteiger partial charge in [0.1, 0.15) is 0 Å². The Labute approximate surface area is 74.9 Å². The van der Waals surface area contributed by atoms with Gasteiger partial charge in [-0.1, -0.05) is 32.3 Å². The maximum absolute atomic E-state index is 10.9. The summed E-state index contributed by atoms with van der Waals surface area (Å²) >= 11 is 0. The molecule has 12 heavy (non-hydrogen) atoms. The zero-order valence-electron chi connectivity index (χ0n) is 8.10. The summed E-state index contributed by atoms with van der Waals surface area (Å²) in [7, 11) is 0. The summed E-state index contributed by atoms with van der Waals surface area (Å²) in [4.78, 5) is 10.9. The minimum atomic E-state index is 0.330. The third-order valence-electron chi connectivity index (χ3n) is 2.76. The van der Waals surface area contributed by atoms with E-state index < -0.39 is 0 Å². The summed E-state index contributed by atoms with van der Waals surface area (Å²) in [5, 5.41) is 0. The topological polar surface area (TPSA) is 17.1 Å². The molecule has 0 spiro atoms. The van der Waals surface area contributed by atoms with E-state index in [1.54, 1.807) is 0 Å². The quantitative estimate of drug-likeness (QED) is 0.627. The summed E-state index contributed by atoms with van der Waals surface area (Å²) in [6, 6.07) is 0. The molecule has 0 aromatic carbocycles. The lowest BCUT2D eigenvalue weighted by atomic mass is 9.94. The second-order valence-electron chi connectivity index (χ2n) is 3.66. The lowest BCUT2D eigenvalue weighted by Gasteiger charge is -2.11. The van der Waals surface area contributed by atoms with Crippen LogP contribution in [0.25, 0.3) is 0 Å². The Bertz CT molecular complexity index is 187. The Morgan fingerprint density at radius 2 is 2.00 bits per heavy atom. The van der Waals surface area contributed by atoms with Crippen LogP contribution in [0.4, 0.5) is 0 Å². The number of rotatable bonds is 4. The van der Waals surface area contributed by atoms with E-state index in [1.165, 1.54) is 18.4 Å². The van der Waals surface area contributed by atoms with Crippen molar-refractivity contribution in [2.24, 2.45) is 5.92 Å². The van der Waals surface area contributed by atoms with Crippen molar-refractivity contribution in [3.63, 3.8) is 0 Å². The van der Waals surface area contributed by atoms with E-state index in [1.807, 2.05) is 6.08 Å². The highest BCUT2D eigenvalue weighted by atomic mass is 16.1. The highest BCUT2D eigenvalue weighted by Crippen LogP contribution is 2.25. The molecule has 1 rings (SSSR count). The van der Waals surface area contributed by atoms with E-state index >= 15 is 0 Å². The van der Waals surface area contributed by atoms with Crippen molar-refractivity contribution < 1.29 is 4.79 Å². The van der Waals surface area contributed by atoms with Gasteiger partial charge in [-0.2, -0.15) is 0 Å². The van der Waals surface area contributed by atoms with Gasteiger partial charge in [-0.25, -0.2) is 0 Å². The Morgan fingerprint density at radius 1 is 1.33 bits per heavy atom. The highest BCUT2D eigenvalue weighted by Gasteiger charge is 2.14. The number of carbonyl (C=O) groups excluding carboxylic acids is 1. The second kappa shape index (κ2) is 4.44. The first-order chi connectivity index (χ1) is 5.76. The molecule has 0 radical (unpaired) electrons. The largest absolute Gasteiger partial charge is 0.295 e. The van der Waals surface area contributed by atoms with Gasteiger partial charge in [0, 0.05) is 6.42 Å². The van der Waals surface area contributed by atoms with Crippen molar-refractivity contribution in [2.75, 3.05) is 0 Å². The van der Waals surface area contributed by atoms with E-state index in [-0.39, 0.29) is 0 Å². The van der Waals surface area contributed by atoms with Gasteiger partial charge in [0.05, 0.1) is 0 Å². The molecule has 0 bridgehead atoms. The predicted molar refractivity (Wildman–Crippen MR) is 51.0 cm³/mol. The first-order valence-corrected chi connectivity index (χ1v) is 4.98. The molecule has 0 saturated heterocycles. The van der Waals surface area contributed by atoms with Crippen LogP contribution in [0.3, 0.4) is 0 Å². The molecular formula is C11H18O. The van der Waals surface area contributed by atoms with Crippen LogP contribution in [0, 0.1) is 5.92 Å². The van der Waals surface area contributed by atoms with Crippen molar-refractivity contribution in [1.82, 2.24) is 0 Å². The van der Waals surface area contributed by atoms with Crippen LogP contribution in [0.5, 0.6) is 0 Å². The van der Waals surface area contributed by atoms with Crippen molar-refractivity contribution in [2.45, 2.75) is 46.0 Å². The average Bonchev–Trinajstić information content (AvgIpc) is 2.47. The van der Waals surface area contributed by atoms with E-state index in [0.717, 1.165) is 25.2 Å². The average molecular weight is 166 g/mol. The molecule has 1 heteroatoms. The Morgan fingerprint density at radius 3 is 2.42 bits per heavy atom. The molecule has 0 saturated carbocycles. The third-order valence-corrected chi connectivity index (χ3v) is 2.76. The molecule has 1 aliphatic rings. The molecule has 0 atom stereocenters. The van der Waals surface area contributed by atoms with E-state index in [4.69, 9.17) is 0 Å². The monoisotopic (exact) mass is 166 g/mol. The summed E-state index contributed by atoms with van der Waals surface area (Å²) in [6.07, 6.45) is 7.27. The van der Waals surface area contributed by atoms with Crippen LogP contribution < -0.4 is 0 Å². The maximum atomic E-state index is 10.9. The van der Waals surface area contributed by atoms with Crippen LogP contribution in [0.15, 0.2) is 11.6 Å². The zero-order valence-corrected chi connectivity index (χ0v) is 8.10. The molecule has 0 fully saturated rings. The van der Waals surface area contributed by atoms with E-state index in [2.05, 4.69) is 13.8 Å². The SMILES string of the molecule is CCC(CC)CC1=CC(=O)CC1. The fourth-order valence-electron chi connectivity index (χ4n) is 1.76. The molecular weight excluding hydrogens is 148 g/mol. The lowest BCUT2D eigenvalue weighted by molar-refractivity contribution is -0.114. The molecule has 0 amide bonds. The zero-order chi connectivity index (χ0) is 8.97. The number of ketones is 1. The van der Waals surface area contributed by atoms with E-state index in [0.29, 0.717) is 5.78 Å².